The Kier molecular flexibility index (Phi) is 9.70. The number of amides is 2. The average Bonchev–Trinajstić information content (AvgIpc) is 2.69. The predicted molar refractivity (Wildman–Crippen MR) is 103 cm³/mol. The topological polar surface area (TPSA) is 111 Å². The predicted octanol–water partition coefficient (Wildman–Crippen LogP) is 1.83. The van der Waals surface area contributed by atoms with Crippen LogP contribution in [0, 0.1) is 0 Å². The lowest BCUT2D eigenvalue weighted by Crippen LogP contribution is -2.35. The zero-order valence-electron chi connectivity index (χ0n) is 16.7. The molecule has 1 aromatic carbocycles. The fraction of sp³-hybridized carbons (Fsp3) is 0.500. The third-order valence-corrected chi connectivity index (χ3v) is 4.06. The van der Waals surface area contributed by atoms with Gasteiger partial charge in [-0.25, -0.2) is 9.59 Å². The van der Waals surface area contributed by atoms with E-state index in [9.17, 15) is 19.2 Å². The van der Waals surface area contributed by atoms with Crippen LogP contribution in [0.2, 0.25) is 0 Å². The Balaban J connectivity index is 2.49. The Bertz CT molecular complexity index is 627. The smallest absolute Gasteiger partial charge is 0.338 e. The molecule has 0 spiro atoms. The highest BCUT2D eigenvalue weighted by Crippen LogP contribution is 2.08. The quantitative estimate of drug-likeness (QED) is 0.588. The Morgan fingerprint density at radius 3 is 1.36 bits per heavy atom. The molecule has 8 nitrogen and oxygen atoms in total. The van der Waals surface area contributed by atoms with Crippen molar-refractivity contribution in [1.29, 1.82) is 0 Å². The highest BCUT2D eigenvalue weighted by molar-refractivity contribution is 5.94. The van der Waals surface area contributed by atoms with Crippen molar-refractivity contribution in [2.24, 2.45) is 0 Å². The average molecular weight is 392 g/mol. The minimum absolute atomic E-state index is 0.00349. The number of benzene rings is 1. The van der Waals surface area contributed by atoms with Gasteiger partial charge < -0.3 is 20.1 Å². The molecule has 28 heavy (non-hydrogen) atoms. The van der Waals surface area contributed by atoms with E-state index in [0.29, 0.717) is 0 Å². The van der Waals surface area contributed by atoms with Gasteiger partial charge in [0.1, 0.15) is 0 Å². The van der Waals surface area contributed by atoms with E-state index in [1.807, 2.05) is 27.7 Å². The molecule has 0 bridgehead atoms. The molecule has 0 radical (unpaired) electrons. The second-order valence-electron chi connectivity index (χ2n) is 6.48. The summed E-state index contributed by atoms with van der Waals surface area (Å²) in [4.78, 5) is 47.2. The highest BCUT2D eigenvalue weighted by atomic mass is 16.5. The zero-order chi connectivity index (χ0) is 21.1. The standard InChI is InChI=1S/C20H28N2O6/c1-5-13(3)21-17(23)11-27-19(25)15-7-9-16(10-8-15)20(26)28-12-18(24)22-14(4)6-2/h7-10,13-14H,5-6,11-12H2,1-4H3,(H,21,23)(H,22,24)/t13-,14+. The van der Waals surface area contributed by atoms with Crippen molar-refractivity contribution in [3.8, 4) is 0 Å². The van der Waals surface area contributed by atoms with Crippen LogP contribution in [0.15, 0.2) is 24.3 Å². The molecule has 1 aromatic rings. The van der Waals surface area contributed by atoms with Gasteiger partial charge in [-0.05, 0) is 51.0 Å². The summed E-state index contributed by atoms with van der Waals surface area (Å²) in [5, 5.41) is 5.38. The summed E-state index contributed by atoms with van der Waals surface area (Å²) < 4.78 is 9.88. The first kappa shape index (κ1) is 23.1. The molecule has 0 aliphatic heterocycles. The molecule has 0 fully saturated rings. The van der Waals surface area contributed by atoms with Gasteiger partial charge in [-0.2, -0.15) is 0 Å². The second-order valence-corrected chi connectivity index (χ2v) is 6.48. The minimum Gasteiger partial charge on any atom is -0.452 e. The molecule has 0 heterocycles. The van der Waals surface area contributed by atoms with Gasteiger partial charge in [0.15, 0.2) is 13.2 Å². The van der Waals surface area contributed by atoms with Crippen LogP contribution in [0.1, 0.15) is 61.3 Å². The maximum absolute atomic E-state index is 12.0. The van der Waals surface area contributed by atoms with Gasteiger partial charge in [0.05, 0.1) is 11.1 Å². The number of carbonyl (C=O) groups is 4. The van der Waals surface area contributed by atoms with Gasteiger partial charge in [-0.3, -0.25) is 9.59 Å². The molecule has 0 aromatic heterocycles. The van der Waals surface area contributed by atoms with Crippen LogP contribution < -0.4 is 10.6 Å². The molecular weight excluding hydrogens is 364 g/mol. The molecule has 0 aliphatic rings. The molecule has 154 valence electrons. The van der Waals surface area contributed by atoms with Crippen LogP contribution in [0.25, 0.3) is 0 Å². The first-order valence-electron chi connectivity index (χ1n) is 9.29. The van der Waals surface area contributed by atoms with Crippen molar-refractivity contribution >= 4 is 23.8 Å². The fourth-order valence-corrected chi connectivity index (χ4v) is 2.01. The van der Waals surface area contributed by atoms with Gasteiger partial charge in [0, 0.05) is 12.1 Å². The van der Waals surface area contributed by atoms with Crippen molar-refractivity contribution in [1.82, 2.24) is 10.6 Å². The molecular formula is C20H28N2O6. The maximum Gasteiger partial charge on any atom is 0.338 e. The number of hydrogen-bond acceptors (Lipinski definition) is 6. The van der Waals surface area contributed by atoms with Crippen molar-refractivity contribution in [3.05, 3.63) is 35.4 Å². The summed E-state index contributed by atoms with van der Waals surface area (Å²) in [6.45, 7) is 6.82. The molecule has 0 aliphatic carbocycles. The molecule has 0 saturated carbocycles. The Morgan fingerprint density at radius 1 is 0.750 bits per heavy atom. The van der Waals surface area contributed by atoms with E-state index in [4.69, 9.17) is 9.47 Å². The van der Waals surface area contributed by atoms with E-state index in [2.05, 4.69) is 10.6 Å². The van der Waals surface area contributed by atoms with Crippen LogP contribution >= 0.6 is 0 Å². The molecule has 2 atom stereocenters. The Hall–Kier alpha value is -2.90. The Labute approximate surface area is 165 Å². The number of ether oxygens (including phenoxy) is 2. The maximum atomic E-state index is 12.0. The summed E-state index contributed by atoms with van der Waals surface area (Å²) in [5.74, 6) is -2.10. The van der Waals surface area contributed by atoms with E-state index in [1.54, 1.807) is 0 Å². The fourth-order valence-electron chi connectivity index (χ4n) is 2.01. The van der Waals surface area contributed by atoms with Crippen LogP contribution in [0.5, 0.6) is 0 Å². The van der Waals surface area contributed by atoms with Gasteiger partial charge in [-0.1, -0.05) is 13.8 Å². The van der Waals surface area contributed by atoms with Gasteiger partial charge in [-0.15, -0.1) is 0 Å². The second kappa shape index (κ2) is 11.7. The zero-order valence-corrected chi connectivity index (χ0v) is 16.7. The van der Waals surface area contributed by atoms with Crippen LogP contribution in [0.4, 0.5) is 0 Å². The Morgan fingerprint density at radius 2 is 1.07 bits per heavy atom. The number of hydrogen-bond donors (Lipinski definition) is 2. The molecule has 2 N–H and O–H groups in total. The van der Waals surface area contributed by atoms with E-state index in [0.717, 1.165) is 12.8 Å². The summed E-state index contributed by atoms with van der Waals surface area (Å²) >= 11 is 0. The van der Waals surface area contributed by atoms with Crippen LogP contribution in [0.3, 0.4) is 0 Å². The summed E-state index contributed by atoms with van der Waals surface area (Å²) in [7, 11) is 0. The van der Waals surface area contributed by atoms with E-state index < -0.39 is 11.9 Å². The first-order valence-corrected chi connectivity index (χ1v) is 9.29. The van der Waals surface area contributed by atoms with Crippen LogP contribution in [-0.4, -0.2) is 49.1 Å². The highest BCUT2D eigenvalue weighted by Gasteiger charge is 2.14. The molecule has 8 heteroatoms. The molecule has 0 saturated heterocycles. The largest absolute Gasteiger partial charge is 0.452 e. The van der Waals surface area contributed by atoms with Crippen molar-refractivity contribution in [2.45, 2.75) is 52.6 Å². The normalized spacial score (nSPS) is 12.4. The molecule has 1 rings (SSSR count). The van der Waals surface area contributed by atoms with E-state index in [-0.39, 0.29) is 48.2 Å². The van der Waals surface area contributed by atoms with Crippen molar-refractivity contribution in [3.63, 3.8) is 0 Å². The summed E-state index contributed by atoms with van der Waals surface area (Å²) in [6.07, 6.45) is 1.55. The lowest BCUT2D eigenvalue weighted by Gasteiger charge is -2.12. The summed E-state index contributed by atoms with van der Waals surface area (Å²) in [6, 6.07) is 5.58. The third kappa shape index (κ3) is 8.20. The number of nitrogens with one attached hydrogen (secondary N) is 2. The summed E-state index contributed by atoms with van der Waals surface area (Å²) in [5.41, 5.74) is 0.393. The minimum atomic E-state index is -0.674. The third-order valence-electron chi connectivity index (χ3n) is 4.06. The van der Waals surface area contributed by atoms with Crippen molar-refractivity contribution < 1.29 is 28.7 Å². The van der Waals surface area contributed by atoms with E-state index in [1.165, 1.54) is 24.3 Å². The molecule has 0 unspecified atom stereocenters. The van der Waals surface area contributed by atoms with Crippen LogP contribution in [-0.2, 0) is 19.1 Å². The molecule has 2 amide bonds. The lowest BCUT2D eigenvalue weighted by atomic mass is 10.1. The van der Waals surface area contributed by atoms with Gasteiger partial charge in [0.25, 0.3) is 11.8 Å². The number of esters is 2. The van der Waals surface area contributed by atoms with Gasteiger partial charge >= 0.3 is 11.9 Å². The monoisotopic (exact) mass is 392 g/mol. The number of carbonyl (C=O) groups excluding carboxylic acids is 4. The SMILES string of the molecule is CC[C@@H](C)NC(=O)COC(=O)c1ccc(C(=O)OCC(=O)N[C@@H](C)CC)cc1. The first-order chi connectivity index (χ1) is 13.3. The van der Waals surface area contributed by atoms with Gasteiger partial charge in [0.2, 0.25) is 0 Å². The van der Waals surface area contributed by atoms with Crippen molar-refractivity contribution in [2.75, 3.05) is 13.2 Å². The lowest BCUT2D eigenvalue weighted by molar-refractivity contribution is -0.125. The van der Waals surface area contributed by atoms with E-state index >= 15 is 0 Å². The number of rotatable bonds is 10.